The van der Waals surface area contributed by atoms with E-state index in [1.54, 1.807) is 11.3 Å². The summed E-state index contributed by atoms with van der Waals surface area (Å²) in [6.07, 6.45) is 2.61. The monoisotopic (exact) mass is 320 g/mol. The van der Waals surface area contributed by atoms with Gasteiger partial charge in [-0.05, 0) is 50.2 Å². The molecule has 5 heteroatoms. The number of thiophene rings is 1. The highest BCUT2D eigenvalue weighted by Crippen LogP contribution is 2.33. The van der Waals surface area contributed by atoms with Crippen LogP contribution in [0.15, 0.2) is 21.9 Å². The molecule has 120 valence electrons. The normalized spacial score (nSPS) is 18.7. The van der Waals surface area contributed by atoms with Crippen LogP contribution in [-0.2, 0) is 13.0 Å². The molecule has 1 atom stereocenters. The molecule has 2 aromatic heterocycles. The highest BCUT2D eigenvalue weighted by molar-refractivity contribution is 7.10. The Morgan fingerprint density at radius 3 is 2.82 bits per heavy atom. The lowest BCUT2D eigenvalue weighted by atomic mass is 9.90. The number of hydrogen-bond donors (Lipinski definition) is 1. The van der Waals surface area contributed by atoms with Crippen LogP contribution < -0.4 is 0 Å². The maximum absolute atomic E-state index is 10.5. The van der Waals surface area contributed by atoms with Gasteiger partial charge in [0.15, 0.2) is 5.89 Å². The van der Waals surface area contributed by atoms with E-state index in [1.807, 2.05) is 24.4 Å². The summed E-state index contributed by atoms with van der Waals surface area (Å²) in [5, 5.41) is 12.5. The molecule has 3 rings (SSSR count). The van der Waals surface area contributed by atoms with Gasteiger partial charge in [0.2, 0.25) is 0 Å². The molecule has 22 heavy (non-hydrogen) atoms. The summed E-state index contributed by atoms with van der Waals surface area (Å²) < 4.78 is 5.80. The lowest BCUT2D eigenvalue weighted by molar-refractivity contribution is 0.0570. The van der Waals surface area contributed by atoms with Gasteiger partial charge in [0, 0.05) is 11.3 Å². The number of aromatic nitrogens is 1. The minimum atomic E-state index is -0.305. The molecule has 0 radical (unpaired) electrons. The van der Waals surface area contributed by atoms with E-state index in [1.165, 1.54) is 0 Å². The van der Waals surface area contributed by atoms with Crippen molar-refractivity contribution < 1.29 is 9.52 Å². The quantitative estimate of drug-likeness (QED) is 0.915. The van der Waals surface area contributed by atoms with Crippen LogP contribution in [0.2, 0.25) is 0 Å². The molecule has 1 saturated heterocycles. The molecule has 1 unspecified atom stereocenters. The number of aliphatic hydroxyl groups is 1. The molecular formula is C17H24N2O2S. The second-order valence-electron chi connectivity index (χ2n) is 6.04. The minimum absolute atomic E-state index is 0.305. The summed E-state index contributed by atoms with van der Waals surface area (Å²) >= 11 is 1.65. The van der Waals surface area contributed by atoms with Crippen LogP contribution in [0.1, 0.15) is 48.1 Å². The number of oxazole rings is 1. The lowest BCUT2D eigenvalue weighted by Gasteiger charge is -2.33. The maximum Gasteiger partial charge on any atom is 0.194 e. The zero-order valence-electron chi connectivity index (χ0n) is 13.3. The van der Waals surface area contributed by atoms with Gasteiger partial charge in [-0.15, -0.1) is 11.3 Å². The van der Waals surface area contributed by atoms with Crippen molar-refractivity contribution in [2.45, 2.75) is 45.8 Å². The van der Waals surface area contributed by atoms with Gasteiger partial charge < -0.3 is 9.52 Å². The number of nitrogens with zero attached hydrogens (tertiary/aromatic N) is 2. The Morgan fingerprint density at radius 2 is 2.23 bits per heavy atom. The first-order valence-electron chi connectivity index (χ1n) is 8.06. The number of piperidine rings is 1. The Hall–Kier alpha value is -1.17. The molecule has 0 saturated carbocycles. The summed E-state index contributed by atoms with van der Waals surface area (Å²) in [4.78, 5) is 7.94. The van der Waals surface area contributed by atoms with E-state index in [0.29, 0.717) is 5.92 Å². The molecule has 3 heterocycles. The van der Waals surface area contributed by atoms with Gasteiger partial charge in [0.25, 0.3) is 0 Å². The van der Waals surface area contributed by atoms with Crippen molar-refractivity contribution in [3.8, 4) is 0 Å². The third kappa shape index (κ3) is 3.42. The fourth-order valence-corrected chi connectivity index (χ4v) is 3.91. The molecule has 1 N–H and O–H groups in total. The van der Waals surface area contributed by atoms with Crippen LogP contribution in [-0.4, -0.2) is 28.1 Å². The summed E-state index contributed by atoms with van der Waals surface area (Å²) in [6.45, 7) is 6.93. The zero-order chi connectivity index (χ0) is 15.5. The highest BCUT2D eigenvalue weighted by atomic mass is 32.1. The van der Waals surface area contributed by atoms with Crippen LogP contribution in [0, 0.1) is 12.8 Å². The Labute approximate surface area is 135 Å². The van der Waals surface area contributed by atoms with Crippen LogP contribution in [0.5, 0.6) is 0 Å². The van der Waals surface area contributed by atoms with Crippen molar-refractivity contribution in [2.75, 3.05) is 13.1 Å². The first-order chi connectivity index (χ1) is 10.7. The molecular weight excluding hydrogens is 296 g/mol. The van der Waals surface area contributed by atoms with Gasteiger partial charge in [-0.25, -0.2) is 4.98 Å². The van der Waals surface area contributed by atoms with Gasteiger partial charge in [0.1, 0.15) is 5.76 Å². The second-order valence-corrected chi connectivity index (χ2v) is 7.02. The van der Waals surface area contributed by atoms with Crippen molar-refractivity contribution in [1.29, 1.82) is 0 Å². The molecule has 4 nitrogen and oxygen atoms in total. The van der Waals surface area contributed by atoms with Crippen molar-refractivity contribution in [3.05, 3.63) is 39.7 Å². The molecule has 0 spiro atoms. The van der Waals surface area contributed by atoms with Crippen molar-refractivity contribution in [3.63, 3.8) is 0 Å². The van der Waals surface area contributed by atoms with Crippen LogP contribution >= 0.6 is 11.3 Å². The summed E-state index contributed by atoms with van der Waals surface area (Å²) in [5.41, 5.74) is 1.01. The number of rotatable bonds is 5. The van der Waals surface area contributed by atoms with Crippen molar-refractivity contribution in [2.24, 2.45) is 5.92 Å². The topological polar surface area (TPSA) is 49.5 Å². The Bertz CT molecular complexity index is 586. The number of hydrogen-bond acceptors (Lipinski definition) is 5. The van der Waals surface area contributed by atoms with Gasteiger partial charge in [-0.2, -0.15) is 0 Å². The Morgan fingerprint density at radius 1 is 1.45 bits per heavy atom. The standard InChI is InChI=1S/C17H24N2O2S/c1-3-16-18-12(2)14(21-16)11-19-8-6-13(7-9-19)17(20)15-5-4-10-22-15/h4-5,10,13,17,20H,3,6-9,11H2,1-2H3. The molecule has 2 aromatic rings. The average molecular weight is 320 g/mol. The fourth-order valence-electron chi connectivity index (χ4n) is 3.11. The van der Waals surface area contributed by atoms with Crippen LogP contribution in [0.25, 0.3) is 0 Å². The highest BCUT2D eigenvalue weighted by Gasteiger charge is 2.27. The maximum atomic E-state index is 10.5. The smallest absolute Gasteiger partial charge is 0.194 e. The number of aliphatic hydroxyl groups excluding tert-OH is 1. The Balaban J connectivity index is 1.54. The molecule has 0 aromatic carbocycles. The second kappa shape index (κ2) is 6.94. The van der Waals surface area contributed by atoms with E-state index < -0.39 is 0 Å². The molecule has 0 aliphatic carbocycles. The summed E-state index contributed by atoms with van der Waals surface area (Å²) in [6, 6.07) is 4.04. The third-order valence-electron chi connectivity index (χ3n) is 4.52. The molecule has 0 bridgehead atoms. The lowest BCUT2D eigenvalue weighted by Crippen LogP contribution is -2.35. The molecule has 1 aliphatic rings. The van der Waals surface area contributed by atoms with E-state index in [-0.39, 0.29) is 6.10 Å². The Kier molecular flexibility index (Phi) is 4.96. The molecule has 0 amide bonds. The van der Waals surface area contributed by atoms with E-state index in [4.69, 9.17) is 4.42 Å². The van der Waals surface area contributed by atoms with Gasteiger partial charge in [0.05, 0.1) is 18.3 Å². The number of likely N-dealkylation sites (tertiary alicyclic amines) is 1. The zero-order valence-corrected chi connectivity index (χ0v) is 14.1. The van der Waals surface area contributed by atoms with E-state index >= 15 is 0 Å². The van der Waals surface area contributed by atoms with E-state index in [0.717, 1.165) is 61.1 Å². The fraction of sp³-hybridized carbons (Fsp3) is 0.588. The van der Waals surface area contributed by atoms with Crippen molar-refractivity contribution >= 4 is 11.3 Å². The third-order valence-corrected chi connectivity index (χ3v) is 5.46. The van der Waals surface area contributed by atoms with Crippen LogP contribution in [0.4, 0.5) is 0 Å². The van der Waals surface area contributed by atoms with Crippen LogP contribution in [0.3, 0.4) is 0 Å². The summed E-state index contributed by atoms with van der Waals surface area (Å²) in [7, 11) is 0. The van der Waals surface area contributed by atoms with E-state index in [2.05, 4.69) is 16.8 Å². The van der Waals surface area contributed by atoms with Gasteiger partial charge in [-0.1, -0.05) is 13.0 Å². The predicted octanol–water partition coefficient (Wildman–Crippen LogP) is 3.55. The van der Waals surface area contributed by atoms with E-state index in [9.17, 15) is 5.11 Å². The first-order valence-corrected chi connectivity index (χ1v) is 8.94. The SMILES string of the molecule is CCc1nc(C)c(CN2CCC(C(O)c3cccs3)CC2)o1. The van der Waals surface area contributed by atoms with Gasteiger partial charge >= 0.3 is 0 Å². The molecule has 1 fully saturated rings. The molecule has 1 aliphatic heterocycles. The first kappa shape index (κ1) is 15.7. The number of aryl methyl sites for hydroxylation is 2. The predicted molar refractivity (Wildman–Crippen MR) is 87.9 cm³/mol. The van der Waals surface area contributed by atoms with Crippen molar-refractivity contribution in [1.82, 2.24) is 9.88 Å². The summed E-state index contributed by atoms with van der Waals surface area (Å²) in [5.74, 6) is 2.20. The largest absolute Gasteiger partial charge is 0.444 e. The van der Waals surface area contributed by atoms with Gasteiger partial charge in [-0.3, -0.25) is 4.90 Å². The minimum Gasteiger partial charge on any atom is -0.444 e. The average Bonchev–Trinajstić information content (AvgIpc) is 3.18.